The molecule has 0 spiro atoms. The van der Waals surface area contributed by atoms with E-state index < -0.39 is 10.0 Å². The second-order valence-corrected chi connectivity index (χ2v) is 9.85. The number of carbonyl (C=O) groups excluding carboxylic acids is 2. The normalized spacial score (nSPS) is 24.7. The number of amides is 2. The van der Waals surface area contributed by atoms with Crippen LogP contribution < -0.4 is 9.80 Å². The quantitative estimate of drug-likeness (QED) is 0.668. The summed E-state index contributed by atoms with van der Waals surface area (Å²) in [5.74, 6) is 0.651. The SMILES string of the molecule is O=C1CCC(=O)N1c1ccc(S(=O)(=O)N2CC3CN(c4ncccn4)CC3C2)cc1. The van der Waals surface area contributed by atoms with Crippen LogP contribution in [-0.4, -0.2) is 60.7 Å². The van der Waals surface area contributed by atoms with Gasteiger partial charge in [-0.2, -0.15) is 4.31 Å². The average Bonchev–Trinajstić information content (AvgIpc) is 3.42. The Balaban J connectivity index is 1.29. The van der Waals surface area contributed by atoms with E-state index in [2.05, 4.69) is 14.9 Å². The first-order valence-electron chi connectivity index (χ1n) is 9.91. The lowest BCUT2D eigenvalue weighted by molar-refractivity contribution is -0.121. The van der Waals surface area contributed by atoms with Crippen LogP contribution in [-0.2, 0) is 19.6 Å². The van der Waals surface area contributed by atoms with E-state index in [1.807, 2.05) is 0 Å². The molecule has 9 nitrogen and oxygen atoms in total. The Morgan fingerprint density at radius 2 is 1.40 bits per heavy atom. The molecule has 10 heteroatoms. The van der Waals surface area contributed by atoms with Crippen molar-refractivity contribution in [2.24, 2.45) is 11.8 Å². The molecule has 2 amide bonds. The molecule has 3 aliphatic rings. The highest BCUT2D eigenvalue weighted by molar-refractivity contribution is 7.89. The van der Waals surface area contributed by atoms with E-state index in [0.29, 0.717) is 24.7 Å². The zero-order valence-corrected chi connectivity index (χ0v) is 17.0. The standard InChI is InChI=1S/C20H21N5O4S/c26-18-6-7-19(27)25(18)16-2-4-17(5-3-16)30(28,29)24-12-14-10-23(11-15(14)13-24)20-21-8-1-9-22-20/h1-5,8-9,14-15H,6-7,10-13H2. The van der Waals surface area contributed by atoms with Gasteiger partial charge in [0.2, 0.25) is 27.8 Å². The summed E-state index contributed by atoms with van der Waals surface area (Å²) in [4.78, 5) is 35.7. The maximum absolute atomic E-state index is 13.1. The van der Waals surface area contributed by atoms with Gasteiger partial charge in [0.15, 0.2) is 0 Å². The van der Waals surface area contributed by atoms with Gasteiger partial charge in [-0.3, -0.25) is 14.5 Å². The third-order valence-corrected chi connectivity index (χ3v) is 7.92. The predicted molar refractivity (Wildman–Crippen MR) is 108 cm³/mol. The summed E-state index contributed by atoms with van der Waals surface area (Å²) >= 11 is 0. The number of hydrogen-bond acceptors (Lipinski definition) is 7. The van der Waals surface area contributed by atoms with Gasteiger partial charge in [0.25, 0.3) is 0 Å². The summed E-state index contributed by atoms with van der Waals surface area (Å²) in [6.07, 6.45) is 3.81. The van der Waals surface area contributed by atoms with Crippen molar-refractivity contribution in [2.75, 3.05) is 36.0 Å². The van der Waals surface area contributed by atoms with E-state index >= 15 is 0 Å². The highest BCUT2D eigenvalue weighted by Gasteiger charge is 2.45. The molecule has 3 saturated heterocycles. The minimum Gasteiger partial charge on any atom is -0.340 e. The van der Waals surface area contributed by atoms with Crippen LogP contribution in [0, 0.1) is 11.8 Å². The second-order valence-electron chi connectivity index (χ2n) is 7.91. The Morgan fingerprint density at radius 1 is 0.833 bits per heavy atom. The molecule has 0 saturated carbocycles. The van der Waals surface area contributed by atoms with Crippen molar-refractivity contribution in [1.29, 1.82) is 0 Å². The van der Waals surface area contributed by atoms with E-state index in [4.69, 9.17) is 0 Å². The van der Waals surface area contributed by atoms with Gasteiger partial charge >= 0.3 is 0 Å². The number of anilines is 2. The summed E-state index contributed by atoms with van der Waals surface area (Å²) in [7, 11) is -3.63. The van der Waals surface area contributed by atoms with Crippen molar-refractivity contribution in [3.05, 3.63) is 42.7 Å². The molecule has 0 radical (unpaired) electrons. The number of imide groups is 1. The van der Waals surface area contributed by atoms with Gasteiger partial charge in [0.05, 0.1) is 10.6 Å². The number of aromatic nitrogens is 2. The first-order chi connectivity index (χ1) is 14.4. The monoisotopic (exact) mass is 427 g/mol. The van der Waals surface area contributed by atoms with Crippen LogP contribution >= 0.6 is 0 Å². The van der Waals surface area contributed by atoms with Crippen LogP contribution in [0.4, 0.5) is 11.6 Å². The van der Waals surface area contributed by atoms with Crippen LogP contribution in [0.3, 0.4) is 0 Å². The largest absolute Gasteiger partial charge is 0.340 e. The van der Waals surface area contributed by atoms with Crippen molar-refractivity contribution in [3.8, 4) is 0 Å². The van der Waals surface area contributed by atoms with Crippen LogP contribution in [0.5, 0.6) is 0 Å². The topological polar surface area (TPSA) is 104 Å². The third-order valence-electron chi connectivity index (χ3n) is 6.07. The van der Waals surface area contributed by atoms with Gasteiger partial charge in [0.1, 0.15) is 0 Å². The van der Waals surface area contributed by atoms with Crippen molar-refractivity contribution in [2.45, 2.75) is 17.7 Å². The number of carbonyl (C=O) groups is 2. The Labute approximate surface area is 174 Å². The van der Waals surface area contributed by atoms with E-state index in [1.165, 1.54) is 28.6 Å². The minimum atomic E-state index is -3.63. The van der Waals surface area contributed by atoms with Gasteiger partial charge in [-0.15, -0.1) is 0 Å². The molecule has 2 aromatic rings. The maximum atomic E-state index is 13.1. The van der Waals surface area contributed by atoms with Crippen LogP contribution in [0.2, 0.25) is 0 Å². The van der Waals surface area contributed by atoms with Gasteiger partial charge < -0.3 is 4.90 Å². The number of rotatable bonds is 4. The van der Waals surface area contributed by atoms with Crippen LogP contribution in [0.15, 0.2) is 47.6 Å². The fourth-order valence-corrected chi connectivity index (χ4v) is 6.10. The van der Waals surface area contributed by atoms with Crippen molar-refractivity contribution in [1.82, 2.24) is 14.3 Å². The molecule has 2 unspecified atom stereocenters. The van der Waals surface area contributed by atoms with E-state index in [1.54, 1.807) is 18.5 Å². The molecule has 0 N–H and O–H groups in total. The number of hydrogen-bond donors (Lipinski definition) is 0. The average molecular weight is 427 g/mol. The molecule has 1 aromatic heterocycles. The van der Waals surface area contributed by atoms with Gasteiger partial charge in [-0.1, -0.05) is 0 Å². The van der Waals surface area contributed by atoms with E-state index in [9.17, 15) is 18.0 Å². The van der Waals surface area contributed by atoms with E-state index in [-0.39, 0.29) is 41.4 Å². The predicted octanol–water partition coefficient (Wildman–Crippen LogP) is 0.887. The summed E-state index contributed by atoms with van der Waals surface area (Å²) in [6, 6.07) is 7.78. The molecule has 4 heterocycles. The van der Waals surface area contributed by atoms with Gasteiger partial charge in [-0.25, -0.2) is 18.4 Å². The van der Waals surface area contributed by atoms with Gasteiger partial charge in [0, 0.05) is 51.4 Å². The van der Waals surface area contributed by atoms with Crippen LogP contribution in [0.25, 0.3) is 0 Å². The molecule has 5 rings (SSSR count). The summed E-state index contributed by atoms with van der Waals surface area (Å²) in [5, 5.41) is 0. The number of benzene rings is 1. The third kappa shape index (κ3) is 3.16. The second kappa shape index (κ2) is 7.13. The van der Waals surface area contributed by atoms with Crippen molar-refractivity contribution < 1.29 is 18.0 Å². The Morgan fingerprint density at radius 3 is 1.97 bits per heavy atom. The lowest BCUT2D eigenvalue weighted by Crippen LogP contribution is -2.34. The summed E-state index contributed by atoms with van der Waals surface area (Å²) in [6.45, 7) is 2.39. The lowest BCUT2D eigenvalue weighted by atomic mass is 10.0. The molecule has 0 aliphatic carbocycles. The van der Waals surface area contributed by atoms with Crippen molar-refractivity contribution >= 4 is 33.5 Å². The zero-order chi connectivity index (χ0) is 20.9. The zero-order valence-electron chi connectivity index (χ0n) is 16.2. The molecular weight excluding hydrogens is 406 g/mol. The number of sulfonamides is 1. The van der Waals surface area contributed by atoms with E-state index in [0.717, 1.165) is 18.0 Å². The molecule has 3 fully saturated rings. The van der Waals surface area contributed by atoms with Crippen molar-refractivity contribution in [3.63, 3.8) is 0 Å². The molecule has 30 heavy (non-hydrogen) atoms. The molecule has 0 bridgehead atoms. The first kappa shape index (κ1) is 19.1. The van der Waals surface area contributed by atoms with Gasteiger partial charge in [-0.05, 0) is 42.2 Å². The Hall–Kier alpha value is -2.85. The highest BCUT2D eigenvalue weighted by atomic mass is 32.2. The molecule has 156 valence electrons. The maximum Gasteiger partial charge on any atom is 0.243 e. The smallest absolute Gasteiger partial charge is 0.243 e. The Bertz CT molecular complexity index is 1060. The fourth-order valence-electron chi connectivity index (χ4n) is 4.54. The highest BCUT2D eigenvalue weighted by Crippen LogP contribution is 2.35. The van der Waals surface area contributed by atoms with Crippen LogP contribution in [0.1, 0.15) is 12.8 Å². The fraction of sp³-hybridized carbons (Fsp3) is 0.400. The first-order valence-corrected chi connectivity index (χ1v) is 11.4. The molecule has 1 aromatic carbocycles. The minimum absolute atomic E-state index is 0.175. The Kier molecular flexibility index (Phi) is 4.55. The molecular formula is C20H21N5O4S. The molecule has 3 aliphatic heterocycles. The molecule has 2 atom stereocenters. The lowest BCUT2D eigenvalue weighted by Gasteiger charge is -2.21. The summed E-state index contributed by atoms with van der Waals surface area (Å²) in [5.41, 5.74) is 0.415. The number of nitrogens with zero attached hydrogens (tertiary/aromatic N) is 5. The number of fused-ring (bicyclic) bond motifs is 1. The summed E-state index contributed by atoms with van der Waals surface area (Å²) < 4.78 is 27.8.